The molecule has 1 unspecified atom stereocenters. The van der Waals surface area contributed by atoms with Crippen molar-refractivity contribution in [3.8, 4) is 0 Å². The maximum absolute atomic E-state index is 3.64. The highest BCUT2D eigenvalue weighted by molar-refractivity contribution is 4.82. The summed E-state index contributed by atoms with van der Waals surface area (Å²) in [6, 6.07) is 0.805. The number of rotatable bonds is 6. The van der Waals surface area contributed by atoms with Gasteiger partial charge in [0.2, 0.25) is 0 Å². The highest BCUT2D eigenvalue weighted by atomic mass is 14.9. The molecule has 0 saturated heterocycles. The molecule has 0 amide bonds. The van der Waals surface area contributed by atoms with Crippen LogP contribution in [0.25, 0.3) is 0 Å². The number of hydrogen-bond acceptors (Lipinski definition) is 1. The van der Waals surface area contributed by atoms with Gasteiger partial charge in [0.15, 0.2) is 0 Å². The summed E-state index contributed by atoms with van der Waals surface area (Å²) in [5.74, 6) is 3.06. The van der Waals surface area contributed by atoms with Crippen molar-refractivity contribution in [2.24, 2.45) is 17.8 Å². The van der Waals surface area contributed by atoms with Crippen LogP contribution in [0.15, 0.2) is 0 Å². The SMILES string of the molecule is CCC1CCC(C(CCC2CCCCC2)NC)CC1. The van der Waals surface area contributed by atoms with Gasteiger partial charge in [0.25, 0.3) is 0 Å². The van der Waals surface area contributed by atoms with Gasteiger partial charge < -0.3 is 5.32 Å². The largest absolute Gasteiger partial charge is 0.317 e. The van der Waals surface area contributed by atoms with Gasteiger partial charge in [-0.15, -0.1) is 0 Å². The lowest BCUT2D eigenvalue weighted by Crippen LogP contribution is -2.36. The Morgan fingerprint density at radius 2 is 1.58 bits per heavy atom. The summed E-state index contributed by atoms with van der Waals surface area (Å²) in [4.78, 5) is 0. The fourth-order valence-corrected chi connectivity index (χ4v) is 4.51. The Bertz CT molecular complexity index is 224. The summed E-state index contributed by atoms with van der Waals surface area (Å²) in [5, 5.41) is 3.64. The van der Waals surface area contributed by atoms with Crippen LogP contribution in [0.2, 0.25) is 0 Å². The lowest BCUT2D eigenvalue weighted by atomic mass is 9.75. The van der Waals surface area contributed by atoms with Gasteiger partial charge in [-0.3, -0.25) is 0 Å². The third-order valence-corrected chi connectivity index (χ3v) is 6.02. The lowest BCUT2D eigenvalue weighted by molar-refractivity contribution is 0.204. The summed E-state index contributed by atoms with van der Waals surface area (Å²) >= 11 is 0. The van der Waals surface area contributed by atoms with Crippen LogP contribution in [0.1, 0.15) is 84.0 Å². The molecule has 1 atom stereocenters. The van der Waals surface area contributed by atoms with Gasteiger partial charge in [0.1, 0.15) is 0 Å². The molecule has 1 nitrogen and oxygen atoms in total. The van der Waals surface area contributed by atoms with Crippen LogP contribution in [0.5, 0.6) is 0 Å². The van der Waals surface area contributed by atoms with Crippen molar-refractivity contribution in [3.63, 3.8) is 0 Å². The molecule has 19 heavy (non-hydrogen) atoms. The molecule has 0 aromatic carbocycles. The Hall–Kier alpha value is -0.0400. The Morgan fingerprint density at radius 3 is 2.16 bits per heavy atom. The maximum atomic E-state index is 3.64. The Morgan fingerprint density at radius 1 is 0.895 bits per heavy atom. The Labute approximate surface area is 120 Å². The van der Waals surface area contributed by atoms with Crippen molar-refractivity contribution < 1.29 is 0 Å². The van der Waals surface area contributed by atoms with Gasteiger partial charge >= 0.3 is 0 Å². The molecule has 1 N–H and O–H groups in total. The van der Waals surface area contributed by atoms with Gasteiger partial charge in [-0.2, -0.15) is 0 Å². The van der Waals surface area contributed by atoms with Crippen molar-refractivity contribution in [3.05, 3.63) is 0 Å². The molecule has 0 aromatic rings. The number of hydrogen-bond donors (Lipinski definition) is 1. The van der Waals surface area contributed by atoms with E-state index in [9.17, 15) is 0 Å². The first kappa shape index (κ1) is 15.4. The van der Waals surface area contributed by atoms with E-state index in [1.807, 2.05) is 0 Å². The zero-order valence-electron chi connectivity index (χ0n) is 13.3. The van der Waals surface area contributed by atoms with E-state index < -0.39 is 0 Å². The average Bonchev–Trinajstić information content (AvgIpc) is 2.49. The van der Waals surface area contributed by atoms with Gasteiger partial charge in [-0.1, -0.05) is 58.3 Å². The van der Waals surface area contributed by atoms with E-state index in [2.05, 4.69) is 19.3 Å². The van der Waals surface area contributed by atoms with Crippen molar-refractivity contribution in [1.29, 1.82) is 0 Å². The van der Waals surface area contributed by atoms with Gasteiger partial charge in [0, 0.05) is 6.04 Å². The standard InChI is InChI=1S/C18H35N/c1-3-15-9-12-17(13-10-15)18(19-2)14-11-16-7-5-4-6-8-16/h15-19H,3-14H2,1-2H3. The molecule has 0 spiro atoms. The number of nitrogens with one attached hydrogen (secondary N) is 1. The molecule has 2 rings (SSSR count). The predicted octanol–water partition coefficient (Wildman–Crippen LogP) is 5.15. The van der Waals surface area contributed by atoms with E-state index in [1.165, 1.54) is 77.0 Å². The van der Waals surface area contributed by atoms with Crippen LogP contribution >= 0.6 is 0 Å². The van der Waals surface area contributed by atoms with Gasteiger partial charge in [0.05, 0.1) is 0 Å². The summed E-state index contributed by atoms with van der Waals surface area (Å²) in [6.45, 7) is 2.36. The minimum absolute atomic E-state index is 0.805. The molecule has 0 aromatic heterocycles. The highest BCUT2D eigenvalue weighted by Gasteiger charge is 2.26. The van der Waals surface area contributed by atoms with E-state index >= 15 is 0 Å². The molecule has 0 bridgehead atoms. The van der Waals surface area contributed by atoms with E-state index in [-0.39, 0.29) is 0 Å². The third-order valence-electron chi connectivity index (χ3n) is 6.02. The molecule has 2 aliphatic carbocycles. The van der Waals surface area contributed by atoms with E-state index in [1.54, 1.807) is 0 Å². The van der Waals surface area contributed by atoms with Gasteiger partial charge in [-0.25, -0.2) is 0 Å². The molecule has 2 saturated carbocycles. The molecule has 2 fully saturated rings. The Balaban J connectivity index is 1.70. The zero-order valence-corrected chi connectivity index (χ0v) is 13.3. The van der Waals surface area contributed by atoms with Crippen LogP contribution in [0.3, 0.4) is 0 Å². The second-order valence-corrected chi connectivity index (χ2v) is 7.17. The quantitative estimate of drug-likeness (QED) is 0.700. The molecule has 112 valence electrons. The Kier molecular flexibility index (Phi) is 6.70. The van der Waals surface area contributed by atoms with Crippen LogP contribution in [0, 0.1) is 17.8 Å². The van der Waals surface area contributed by atoms with Gasteiger partial charge in [-0.05, 0) is 50.5 Å². The second kappa shape index (κ2) is 8.29. The summed E-state index contributed by atoms with van der Waals surface area (Å²) < 4.78 is 0. The van der Waals surface area contributed by atoms with Crippen molar-refractivity contribution in [2.75, 3.05) is 7.05 Å². The van der Waals surface area contributed by atoms with E-state index in [0.717, 1.165) is 23.8 Å². The van der Waals surface area contributed by atoms with Crippen LogP contribution in [0.4, 0.5) is 0 Å². The molecule has 2 aliphatic rings. The fourth-order valence-electron chi connectivity index (χ4n) is 4.51. The molecular weight excluding hydrogens is 230 g/mol. The van der Waals surface area contributed by atoms with Crippen molar-refractivity contribution in [1.82, 2.24) is 5.32 Å². The summed E-state index contributed by atoms with van der Waals surface area (Å²) in [5.41, 5.74) is 0. The van der Waals surface area contributed by atoms with Crippen LogP contribution in [-0.2, 0) is 0 Å². The first-order chi connectivity index (χ1) is 9.33. The first-order valence-corrected chi connectivity index (χ1v) is 9.00. The topological polar surface area (TPSA) is 12.0 Å². The average molecular weight is 265 g/mol. The van der Waals surface area contributed by atoms with Crippen LogP contribution in [-0.4, -0.2) is 13.1 Å². The van der Waals surface area contributed by atoms with E-state index in [0.29, 0.717) is 0 Å². The smallest absolute Gasteiger partial charge is 0.00924 e. The molecule has 0 heterocycles. The first-order valence-electron chi connectivity index (χ1n) is 9.00. The maximum Gasteiger partial charge on any atom is 0.00924 e. The molecular formula is C18H35N. The minimum atomic E-state index is 0.805. The normalized spacial score (nSPS) is 31.3. The van der Waals surface area contributed by atoms with Crippen LogP contribution < -0.4 is 5.32 Å². The lowest BCUT2D eigenvalue weighted by Gasteiger charge is -2.34. The fraction of sp³-hybridized carbons (Fsp3) is 1.00. The molecule has 0 radical (unpaired) electrons. The third kappa shape index (κ3) is 4.77. The molecule has 0 aliphatic heterocycles. The summed E-state index contributed by atoms with van der Waals surface area (Å²) in [6.07, 6.45) is 17.8. The second-order valence-electron chi connectivity index (χ2n) is 7.17. The summed E-state index contributed by atoms with van der Waals surface area (Å²) in [7, 11) is 2.19. The molecule has 1 heteroatoms. The van der Waals surface area contributed by atoms with Crippen molar-refractivity contribution >= 4 is 0 Å². The minimum Gasteiger partial charge on any atom is -0.317 e. The predicted molar refractivity (Wildman–Crippen MR) is 84.4 cm³/mol. The van der Waals surface area contributed by atoms with E-state index in [4.69, 9.17) is 0 Å². The highest BCUT2D eigenvalue weighted by Crippen LogP contribution is 2.35. The van der Waals surface area contributed by atoms with Crippen molar-refractivity contribution in [2.45, 2.75) is 90.0 Å². The zero-order chi connectivity index (χ0) is 13.5. The monoisotopic (exact) mass is 265 g/mol.